The van der Waals surface area contributed by atoms with Gasteiger partial charge in [0.1, 0.15) is 3.70 Å². The van der Waals surface area contributed by atoms with Crippen molar-refractivity contribution in [3.8, 4) is 11.3 Å². The minimum atomic E-state index is -0.0158. The van der Waals surface area contributed by atoms with Crippen LogP contribution in [0.1, 0.15) is 28.8 Å². The number of hydrogen-bond donors (Lipinski definition) is 3. The lowest BCUT2D eigenvalue weighted by Gasteiger charge is -2.30. The highest BCUT2D eigenvalue weighted by atomic mass is 127. The van der Waals surface area contributed by atoms with E-state index in [1.165, 1.54) is 0 Å². The van der Waals surface area contributed by atoms with Crippen LogP contribution in [0.15, 0.2) is 42.7 Å². The van der Waals surface area contributed by atoms with E-state index in [0.717, 1.165) is 96.3 Å². The fourth-order valence-corrected chi connectivity index (χ4v) is 7.15. The van der Waals surface area contributed by atoms with Crippen LogP contribution in [0.25, 0.3) is 22.6 Å². The van der Waals surface area contributed by atoms with E-state index in [2.05, 4.69) is 82.6 Å². The Kier molecular flexibility index (Phi) is 11.6. The van der Waals surface area contributed by atoms with Gasteiger partial charge in [-0.05, 0) is 74.1 Å². The summed E-state index contributed by atoms with van der Waals surface area (Å²) in [6.45, 7) is 8.58. The molecule has 1 aliphatic carbocycles. The molecule has 4 aromatic heterocycles. The van der Waals surface area contributed by atoms with Gasteiger partial charge in [-0.1, -0.05) is 29.3 Å². The summed E-state index contributed by atoms with van der Waals surface area (Å²) in [6, 6.07) is 9.70. The maximum atomic E-state index is 12.5. The first-order valence-corrected chi connectivity index (χ1v) is 19.2. The predicted molar refractivity (Wildman–Crippen MR) is 211 cm³/mol. The molecule has 2 unspecified atom stereocenters. The van der Waals surface area contributed by atoms with Gasteiger partial charge in [0.15, 0.2) is 21.6 Å². The number of halogens is 3. The molecule has 17 heteroatoms. The Morgan fingerprint density at radius 3 is 2.02 bits per heavy atom. The normalized spacial score (nSPS) is 19.7. The maximum Gasteiger partial charge on any atom is 0.251 e. The first-order valence-electron chi connectivity index (χ1n) is 17.3. The smallest absolute Gasteiger partial charge is 0.251 e. The topological polar surface area (TPSA) is 138 Å². The van der Waals surface area contributed by atoms with Crippen LogP contribution in [0, 0.1) is 10.6 Å². The summed E-state index contributed by atoms with van der Waals surface area (Å²) in [5.74, 6) is -0.0158. The highest BCUT2D eigenvalue weighted by Crippen LogP contribution is 2.28. The average molecular weight is 863 g/mol. The fourth-order valence-electron chi connectivity index (χ4n) is 6.30. The molecule has 2 atom stereocenters. The first kappa shape index (κ1) is 37.0. The number of benzene rings is 1. The highest BCUT2D eigenvalue weighted by molar-refractivity contribution is 14.1. The van der Waals surface area contributed by atoms with E-state index in [1.807, 2.05) is 25.1 Å². The number of hydrogen-bond acceptors (Lipinski definition) is 11. The Balaban J connectivity index is 0.000000180. The third-order valence-corrected chi connectivity index (χ3v) is 10.3. The molecule has 3 fully saturated rings. The molecule has 0 bridgehead atoms. The Bertz CT molecular complexity index is 2060. The molecule has 2 aliphatic heterocycles. The number of rotatable bonds is 9. The SMILES string of the molecule is CN1CCOC(CNc2cc(Cl)nn3c(I)cnc23)C1.Cc1cc(-c2cnc3c(NCC4CN(C)CCO4)cc(Cl)nn23)ccc1C(=O)NC1CC1. The van der Waals surface area contributed by atoms with Crippen LogP contribution >= 0.6 is 45.8 Å². The van der Waals surface area contributed by atoms with Crippen LogP contribution in [-0.4, -0.2) is 130 Å². The second-order valence-corrected chi connectivity index (χ2v) is 15.4. The third-order valence-electron chi connectivity index (χ3n) is 9.24. The van der Waals surface area contributed by atoms with E-state index >= 15 is 0 Å². The number of nitrogens with zero attached hydrogens (tertiary/aromatic N) is 8. The summed E-state index contributed by atoms with van der Waals surface area (Å²) in [7, 11) is 4.20. The molecule has 52 heavy (non-hydrogen) atoms. The minimum absolute atomic E-state index is 0.0158. The minimum Gasteiger partial charge on any atom is -0.379 e. The maximum absolute atomic E-state index is 12.5. The van der Waals surface area contributed by atoms with Crippen molar-refractivity contribution in [3.63, 3.8) is 0 Å². The summed E-state index contributed by atoms with van der Waals surface area (Å²) in [4.78, 5) is 25.9. The number of carbonyl (C=O) groups excluding carboxylic acids is 1. The summed E-state index contributed by atoms with van der Waals surface area (Å²) >= 11 is 14.6. The number of anilines is 2. The average Bonchev–Trinajstić information content (AvgIpc) is 3.71. The van der Waals surface area contributed by atoms with Crippen molar-refractivity contribution in [2.45, 2.75) is 38.0 Å². The molecule has 1 amide bonds. The summed E-state index contributed by atoms with van der Waals surface area (Å²) in [6.07, 6.45) is 5.97. The molecule has 3 aliphatic rings. The van der Waals surface area contributed by atoms with Crippen molar-refractivity contribution in [3.05, 3.63) is 67.9 Å². The van der Waals surface area contributed by atoms with Gasteiger partial charge in [-0.25, -0.2) is 19.0 Å². The van der Waals surface area contributed by atoms with E-state index in [1.54, 1.807) is 33.6 Å². The highest BCUT2D eigenvalue weighted by Gasteiger charge is 2.25. The quantitative estimate of drug-likeness (QED) is 0.178. The molecule has 0 radical (unpaired) electrons. The monoisotopic (exact) mass is 861 g/mol. The standard InChI is InChI=1S/C23H27ClN6O2.C12H15ClIN5O/c1-14-9-15(3-6-18(14)23(31)27-16-4-5-16)20-12-26-22-19(10-21(24)28-30(20)22)25-11-17-13-29(2)7-8-32-17;1-18-2-3-20-8(7-18)5-15-9-4-10(13)17-19-11(14)6-16-12(9)19/h3,6,9-10,12,16-17,25H,4-5,7-8,11,13H2,1-2H3,(H,27,31);4,6,8,15H,2-3,5,7H2,1H3. The van der Waals surface area contributed by atoms with Crippen molar-refractivity contribution in [1.82, 2.24) is 44.3 Å². The van der Waals surface area contributed by atoms with E-state index in [-0.39, 0.29) is 18.1 Å². The zero-order valence-corrected chi connectivity index (χ0v) is 33.0. The number of carbonyl (C=O) groups is 1. The lowest BCUT2D eigenvalue weighted by molar-refractivity contribution is -0.0118. The number of aryl methyl sites for hydroxylation is 1. The predicted octanol–water partition coefficient (Wildman–Crippen LogP) is 4.72. The summed E-state index contributed by atoms with van der Waals surface area (Å²) in [5.41, 5.74) is 6.52. The van der Waals surface area contributed by atoms with Crippen molar-refractivity contribution in [2.75, 3.05) is 77.2 Å². The van der Waals surface area contributed by atoms with Crippen LogP contribution in [0.5, 0.6) is 0 Å². The summed E-state index contributed by atoms with van der Waals surface area (Å²) in [5, 5.41) is 19.4. The van der Waals surface area contributed by atoms with Crippen LogP contribution < -0.4 is 16.0 Å². The Morgan fingerprint density at radius 1 is 0.865 bits per heavy atom. The van der Waals surface area contributed by atoms with Crippen LogP contribution in [0.4, 0.5) is 11.4 Å². The lowest BCUT2D eigenvalue weighted by Crippen LogP contribution is -2.43. The van der Waals surface area contributed by atoms with Crippen molar-refractivity contribution in [1.29, 1.82) is 0 Å². The molecule has 5 aromatic rings. The Hall–Kier alpha value is -3.32. The first-order chi connectivity index (χ1) is 25.1. The van der Waals surface area contributed by atoms with Gasteiger partial charge in [-0.3, -0.25) is 4.79 Å². The number of ether oxygens (including phenoxy) is 2. The molecule has 8 rings (SSSR count). The zero-order chi connectivity index (χ0) is 36.4. The van der Waals surface area contributed by atoms with Gasteiger partial charge in [0.05, 0.1) is 54.9 Å². The lowest BCUT2D eigenvalue weighted by atomic mass is 10.0. The number of imidazole rings is 2. The molecule has 6 heterocycles. The number of morpholine rings is 2. The molecule has 276 valence electrons. The molecule has 1 saturated carbocycles. The summed E-state index contributed by atoms with van der Waals surface area (Å²) < 4.78 is 16.0. The molecular weight excluding hydrogens is 820 g/mol. The van der Waals surface area contributed by atoms with Crippen LogP contribution in [0.3, 0.4) is 0 Å². The zero-order valence-electron chi connectivity index (χ0n) is 29.3. The number of nitrogens with one attached hydrogen (secondary N) is 3. The van der Waals surface area contributed by atoms with Gasteiger partial charge in [0.2, 0.25) is 0 Å². The van der Waals surface area contributed by atoms with Crippen molar-refractivity contribution >= 4 is 74.4 Å². The molecule has 14 nitrogen and oxygen atoms in total. The van der Waals surface area contributed by atoms with Gasteiger partial charge < -0.3 is 35.2 Å². The van der Waals surface area contributed by atoms with Gasteiger partial charge in [-0.2, -0.15) is 10.2 Å². The number of fused-ring (bicyclic) bond motifs is 2. The molecule has 1 aromatic carbocycles. The van der Waals surface area contributed by atoms with E-state index < -0.39 is 0 Å². The Morgan fingerprint density at radius 2 is 1.44 bits per heavy atom. The number of aromatic nitrogens is 6. The Labute approximate surface area is 325 Å². The van der Waals surface area contributed by atoms with Gasteiger partial charge in [-0.15, -0.1) is 0 Å². The molecule has 3 N–H and O–H groups in total. The van der Waals surface area contributed by atoms with Gasteiger partial charge in [0, 0.05) is 68.6 Å². The number of amides is 1. The fraction of sp³-hybridized carbons (Fsp3) is 0.457. The van der Waals surface area contributed by atoms with E-state index in [0.29, 0.717) is 34.1 Å². The van der Waals surface area contributed by atoms with Gasteiger partial charge in [0.25, 0.3) is 5.91 Å². The van der Waals surface area contributed by atoms with Gasteiger partial charge >= 0.3 is 0 Å². The number of likely N-dealkylation sites (N-methyl/N-ethyl adjacent to an activating group) is 2. The van der Waals surface area contributed by atoms with E-state index in [9.17, 15) is 4.79 Å². The van der Waals surface area contributed by atoms with Crippen LogP contribution in [-0.2, 0) is 9.47 Å². The third kappa shape index (κ3) is 8.89. The van der Waals surface area contributed by atoms with Crippen molar-refractivity contribution < 1.29 is 14.3 Å². The second-order valence-electron chi connectivity index (χ2n) is 13.5. The molecule has 2 saturated heterocycles. The van der Waals surface area contributed by atoms with Crippen LogP contribution in [0.2, 0.25) is 10.3 Å². The molecule has 0 spiro atoms. The van der Waals surface area contributed by atoms with Crippen molar-refractivity contribution in [2.24, 2.45) is 0 Å². The largest absolute Gasteiger partial charge is 0.379 e. The molecular formula is C35H42Cl2IN11O3. The van der Waals surface area contributed by atoms with E-state index in [4.69, 9.17) is 32.7 Å². The second kappa shape index (κ2) is 16.4.